The van der Waals surface area contributed by atoms with E-state index < -0.39 is 6.10 Å². The van der Waals surface area contributed by atoms with Crippen LogP contribution in [0.4, 0.5) is 0 Å². The number of hydrogen-bond acceptors (Lipinski definition) is 4. The SMILES string of the molecule is OCC1CC(O)CC(c2ccc(Cl)c(Cc3ccc(CC4COC4)cc3)c2)O1. The van der Waals surface area contributed by atoms with Crippen molar-refractivity contribution in [2.24, 2.45) is 5.92 Å². The van der Waals surface area contributed by atoms with Crippen molar-refractivity contribution in [1.82, 2.24) is 0 Å². The Labute approximate surface area is 171 Å². The van der Waals surface area contributed by atoms with Gasteiger partial charge in [-0.25, -0.2) is 0 Å². The van der Waals surface area contributed by atoms with Crippen molar-refractivity contribution < 1.29 is 19.7 Å². The van der Waals surface area contributed by atoms with Gasteiger partial charge in [0.25, 0.3) is 0 Å². The molecule has 0 aliphatic carbocycles. The van der Waals surface area contributed by atoms with Crippen molar-refractivity contribution in [1.29, 1.82) is 0 Å². The van der Waals surface area contributed by atoms with Gasteiger partial charge in [-0.2, -0.15) is 0 Å². The zero-order chi connectivity index (χ0) is 19.5. The largest absolute Gasteiger partial charge is 0.394 e. The molecule has 4 rings (SSSR count). The summed E-state index contributed by atoms with van der Waals surface area (Å²) in [5, 5.41) is 20.2. The lowest BCUT2D eigenvalue weighted by Crippen LogP contribution is -2.33. The summed E-state index contributed by atoms with van der Waals surface area (Å²) in [5.41, 5.74) is 4.60. The maximum atomic E-state index is 10.1. The minimum absolute atomic E-state index is 0.0761. The van der Waals surface area contributed by atoms with Crippen LogP contribution in [0, 0.1) is 5.92 Å². The topological polar surface area (TPSA) is 58.9 Å². The first-order chi connectivity index (χ1) is 13.6. The van der Waals surface area contributed by atoms with Crippen LogP contribution in [0.3, 0.4) is 0 Å². The van der Waals surface area contributed by atoms with Crippen LogP contribution in [-0.2, 0) is 22.3 Å². The van der Waals surface area contributed by atoms with Gasteiger partial charge in [0.1, 0.15) is 0 Å². The molecular formula is C23H27ClO4. The maximum absolute atomic E-state index is 10.1. The molecule has 150 valence electrons. The number of rotatable bonds is 6. The zero-order valence-electron chi connectivity index (χ0n) is 15.9. The van der Waals surface area contributed by atoms with Crippen LogP contribution in [0.5, 0.6) is 0 Å². The highest BCUT2D eigenvalue weighted by Crippen LogP contribution is 2.33. The van der Waals surface area contributed by atoms with Gasteiger partial charge in [0.05, 0.1) is 38.1 Å². The average molecular weight is 403 g/mol. The second-order valence-corrected chi connectivity index (χ2v) is 8.41. The first-order valence-electron chi connectivity index (χ1n) is 9.99. The Morgan fingerprint density at radius 1 is 1.00 bits per heavy atom. The summed E-state index contributed by atoms with van der Waals surface area (Å²) in [6.07, 6.45) is 1.85. The van der Waals surface area contributed by atoms with Crippen molar-refractivity contribution in [3.63, 3.8) is 0 Å². The maximum Gasteiger partial charge on any atom is 0.0854 e. The molecule has 4 nitrogen and oxygen atoms in total. The molecule has 2 aromatic carbocycles. The van der Waals surface area contributed by atoms with Crippen molar-refractivity contribution in [2.45, 2.75) is 44.0 Å². The van der Waals surface area contributed by atoms with Crippen LogP contribution in [-0.4, -0.2) is 42.2 Å². The molecule has 3 atom stereocenters. The Bertz CT molecular complexity index is 788. The number of aliphatic hydroxyl groups excluding tert-OH is 2. The highest BCUT2D eigenvalue weighted by molar-refractivity contribution is 6.31. The van der Waals surface area contributed by atoms with Gasteiger partial charge < -0.3 is 19.7 Å². The third-order valence-electron chi connectivity index (χ3n) is 5.67. The van der Waals surface area contributed by atoms with E-state index in [1.807, 2.05) is 12.1 Å². The third kappa shape index (κ3) is 4.76. The summed E-state index contributed by atoms with van der Waals surface area (Å²) in [7, 11) is 0. The predicted octanol–water partition coefficient (Wildman–Crippen LogP) is 3.69. The Morgan fingerprint density at radius 2 is 1.75 bits per heavy atom. The molecule has 0 saturated carbocycles. The van der Waals surface area contributed by atoms with Crippen LogP contribution < -0.4 is 0 Å². The molecule has 2 N–H and O–H groups in total. The fourth-order valence-corrected chi connectivity index (χ4v) is 4.19. The van der Waals surface area contributed by atoms with Gasteiger partial charge in [-0.1, -0.05) is 48.0 Å². The van der Waals surface area contributed by atoms with Gasteiger partial charge in [0.2, 0.25) is 0 Å². The molecule has 5 heteroatoms. The molecule has 0 bridgehead atoms. The van der Waals surface area contributed by atoms with Crippen molar-refractivity contribution >= 4 is 11.6 Å². The Kier molecular flexibility index (Phi) is 6.34. The second kappa shape index (κ2) is 8.93. The van der Waals surface area contributed by atoms with E-state index in [4.69, 9.17) is 21.1 Å². The van der Waals surface area contributed by atoms with Gasteiger partial charge in [0.15, 0.2) is 0 Å². The molecule has 2 heterocycles. The summed E-state index contributed by atoms with van der Waals surface area (Å²) in [5.74, 6) is 0.658. The van der Waals surface area contributed by atoms with E-state index in [1.54, 1.807) is 0 Å². The molecule has 0 aromatic heterocycles. The summed E-state index contributed by atoms with van der Waals surface area (Å²) >= 11 is 6.45. The predicted molar refractivity (Wildman–Crippen MR) is 109 cm³/mol. The highest BCUT2D eigenvalue weighted by Gasteiger charge is 2.29. The smallest absolute Gasteiger partial charge is 0.0854 e. The fourth-order valence-electron chi connectivity index (χ4n) is 4.00. The van der Waals surface area contributed by atoms with Gasteiger partial charge in [-0.3, -0.25) is 0 Å². The van der Waals surface area contributed by atoms with Crippen LogP contribution in [0.2, 0.25) is 5.02 Å². The Hall–Kier alpha value is -1.43. The molecular weight excluding hydrogens is 376 g/mol. The molecule has 2 aromatic rings. The van der Waals surface area contributed by atoms with Crippen LogP contribution in [0.1, 0.15) is 41.2 Å². The average Bonchev–Trinajstić information content (AvgIpc) is 2.67. The van der Waals surface area contributed by atoms with Crippen LogP contribution in [0.15, 0.2) is 42.5 Å². The molecule has 3 unspecified atom stereocenters. The monoisotopic (exact) mass is 402 g/mol. The molecule has 0 spiro atoms. The highest BCUT2D eigenvalue weighted by atomic mass is 35.5. The van der Waals surface area contributed by atoms with E-state index in [0.29, 0.717) is 18.8 Å². The lowest BCUT2D eigenvalue weighted by Gasteiger charge is -2.32. The van der Waals surface area contributed by atoms with E-state index >= 15 is 0 Å². The molecule has 0 amide bonds. The number of halogens is 1. The zero-order valence-corrected chi connectivity index (χ0v) is 16.6. The van der Waals surface area contributed by atoms with Crippen LogP contribution in [0.25, 0.3) is 0 Å². The van der Waals surface area contributed by atoms with E-state index in [0.717, 1.165) is 42.2 Å². The fraction of sp³-hybridized carbons (Fsp3) is 0.478. The van der Waals surface area contributed by atoms with Gasteiger partial charge in [-0.05, 0) is 41.2 Å². The second-order valence-electron chi connectivity index (χ2n) is 8.01. The minimum atomic E-state index is -0.455. The normalized spacial score (nSPS) is 25.5. The number of benzene rings is 2. The standard InChI is InChI=1S/C23H27ClO4/c24-22-6-5-18(23-11-20(26)10-21(12-25)28-23)9-19(22)8-16-3-1-15(2-4-16)7-17-13-27-14-17/h1-6,9,17,20-21,23,25-26H,7-8,10-14H2. The van der Waals surface area contributed by atoms with Gasteiger partial charge in [-0.15, -0.1) is 0 Å². The Morgan fingerprint density at radius 3 is 2.43 bits per heavy atom. The van der Waals surface area contributed by atoms with E-state index in [2.05, 4.69) is 30.3 Å². The van der Waals surface area contributed by atoms with E-state index in [9.17, 15) is 10.2 Å². The summed E-state index contributed by atoms with van der Waals surface area (Å²) < 4.78 is 11.2. The lowest BCUT2D eigenvalue weighted by atomic mass is 9.93. The molecule has 2 aliphatic heterocycles. The quantitative estimate of drug-likeness (QED) is 0.773. The lowest BCUT2D eigenvalue weighted by molar-refractivity contribution is -0.113. The number of ether oxygens (including phenoxy) is 2. The van der Waals surface area contributed by atoms with Crippen molar-refractivity contribution in [3.05, 3.63) is 69.7 Å². The molecule has 0 radical (unpaired) electrons. The molecule has 2 saturated heterocycles. The van der Waals surface area contributed by atoms with Crippen molar-refractivity contribution in [3.8, 4) is 0 Å². The molecule has 2 aliphatic rings. The number of hydrogen-bond donors (Lipinski definition) is 2. The Balaban J connectivity index is 1.46. The third-order valence-corrected chi connectivity index (χ3v) is 6.04. The molecule has 2 fully saturated rings. The van der Waals surface area contributed by atoms with Gasteiger partial charge in [0, 0.05) is 23.8 Å². The summed E-state index contributed by atoms with van der Waals surface area (Å²) in [4.78, 5) is 0. The number of aliphatic hydroxyl groups is 2. The molecule has 28 heavy (non-hydrogen) atoms. The van der Waals surface area contributed by atoms with Crippen LogP contribution >= 0.6 is 11.6 Å². The first kappa shape index (κ1) is 19.9. The van der Waals surface area contributed by atoms with Crippen molar-refractivity contribution in [2.75, 3.05) is 19.8 Å². The van der Waals surface area contributed by atoms with E-state index in [-0.39, 0.29) is 18.8 Å². The first-order valence-corrected chi connectivity index (χ1v) is 10.4. The van der Waals surface area contributed by atoms with Gasteiger partial charge >= 0.3 is 0 Å². The van der Waals surface area contributed by atoms with E-state index in [1.165, 1.54) is 11.1 Å². The summed E-state index contributed by atoms with van der Waals surface area (Å²) in [6.45, 7) is 1.67. The minimum Gasteiger partial charge on any atom is -0.394 e. The summed E-state index contributed by atoms with van der Waals surface area (Å²) in [6, 6.07) is 14.6.